The maximum absolute atomic E-state index is 11.8. The summed E-state index contributed by atoms with van der Waals surface area (Å²) >= 11 is 1.53. The lowest BCUT2D eigenvalue weighted by Crippen LogP contribution is -2.24. The van der Waals surface area contributed by atoms with Gasteiger partial charge in [0.15, 0.2) is 9.84 Å². The third kappa shape index (κ3) is 3.08. The van der Waals surface area contributed by atoms with Crippen LogP contribution in [-0.4, -0.2) is 33.5 Å². The number of benzene rings is 1. The van der Waals surface area contributed by atoms with Gasteiger partial charge in [-0.3, -0.25) is 0 Å². The van der Waals surface area contributed by atoms with Gasteiger partial charge in [-0.15, -0.1) is 11.8 Å². The normalized spacial score (nSPS) is 20.2. The van der Waals surface area contributed by atoms with Crippen LogP contribution in [0, 0.1) is 0 Å². The van der Waals surface area contributed by atoms with Gasteiger partial charge in [-0.25, -0.2) is 8.42 Å². The highest BCUT2D eigenvalue weighted by Gasteiger charge is 2.20. The van der Waals surface area contributed by atoms with E-state index < -0.39 is 9.84 Å². The second kappa shape index (κ2) is 5.63. The molecule has 1 fully saturated rings. The van der Waals surface area contributed by atoms with Crippen LogP contribution in [0.3, 0.4) is 0 Å². The topological polar surface area (TPSA) is 46.2 Å². The van der Waals surface area contributed by atoms with Crippen LogP contribution in [0.5, 0.6) is 0 Å². The van der Waals surface area contributed by atoms with Crippen LogP contribution in [0.25, 0.3) is 0 Å². The van der Waals surface area contributed by atoms with E-state index >= 15 is 0 Å². The second-order valence-electron chi connectivity index (χ2n) is 4.72. The average molecular weight is 285 g/mol. The molecule has 0 aliphatic carbocycles. The molecule has 0 bridgehead atoms. The van der Waals surface area contributed by atoms with Crippen molar-refractivity contribution in [3.05, 3.63) is 23.8 Å². The lowest BCUT2D eigenvalue weighted by atomic mass is 10.0. The molecule has 100 valence electrons. The molecule has 0 spiro atoms. The van der Waals surface area contributed by atoms with Gasteiger partial charge < -0.3 is 5.32 Å². The van der Waals surface area contributed by atoms with E-state index in [2.05, 4.69) is 5.32 Å². The van der Waals surface area contributed by atoms with Gasteiger partial charge in [0.1, 0.15) is 0 Å². The number of thioether (sulfide) groups is 1. The molecule has 1 aliphatic rings. The Labute approximate surface area is 113 Å². The van der Waals surface area contributed by atoms with Crippen LogP contribution in [0.15, 0.2) is 28.0 Å². The summed E-state index contributed by atoms with van der Waals surface area (Å²) in [6.45, 7) is 1.07. The van der Waals surface area contributed by atoms with Gasteiger partial charge in [0.2, 0.25) is 0 Å². The van der Waals surface area contributed by atoms with Gasteiger partial charge in [0, 0.05) is 17.2 Å². The van der Waals surface area contributed by atoms with E-state index in [9.17, 15) is 8.42 Å². The molecule has 1 unspecified atom stereocenters. The molecule has 1 N–H and O–H groups in total. The summed E-state index contributed by atoms with van der Waals surface area (Å²) in [4.78, 5) is 1.37. The SMILES string of the molecule is CSc1c(CC2CCCN2)cccc1S(C)(=O)=O. The number of nitrogens with one attached hydrogen (secondary N) is 1. The van der Waals surface area contributed by atoms with Gasteiger partial charge in [-0.2, -0.15) is 0 Å². The van der Waals surface area contributed by atoms with Crippen molar-refractivity contribution in [1.29, 1.82) is 0 Å². The van der Waals surface area contributed by atoms with E-state index in [1.165, 1.54) is 30.9 Å². The summed E-state index contributed by atoms with van der Waals surface area (Å²) in [5, 5.41) is 3.46. The zero-order valence-corrected chi connectivity index (χ0v) is 12.4. The van der Waals surface area contributed by atoms with Crippen LogP contribution in [0.2, 0.25) is 0 Å². The van der Waals surface area contributed by atoms with Crippen LogP contribution >= 0.6 is 11.8 Å². The fourth-order valence-corrected chi connectivity index (χ4v) is 4.62. The maximum atomic E-state index is 11.8. The highest BCUT2D eigenvalue weighted by molar-refractivity contribution is 7.99. The summed E-state index contributed by atoms with van der Waals surface area (Å²) in [6, 6.07) is 6.08. The molecule has 2 rings (SSSR count). The Bertz CT molecular complexity index is 520. The lowest BCUT2D eigenvalue weighted by molar-refractivity contribution is 0.590. The summed E-state index contributed by atoms with van der Waals surface area (Å²) in [6.07, 6.45) is 6.52. The van der Waals surface area contributed by atoms with E-state index in [-0.39, 0.29) is 0 Å². The van der Waals surface area contributed by atoms with Crippen molar-refractivity contribution in [2.75, 3.05) is 19.1 Å². The van der Waals surface area contributed by atoms with E-state index in [4.69, 9.17) is 0 Å². The van der Waals surface area contributed by atoms with Gasteiger partial charge in [0.25, 0.3) is 0 Å². The number of hydrogen-bond donors (Lipinski definition) is 1. The molecule has 0 amide bonds. The Balaban J connectivity index is 2.35. The standard InChI is InChI=1S/C13H19NO2S2/c1-17-13-10(9-11-6-4-8-14-11)5-3-7-12(13)18(2,15)16/h3,5,7,11,14H,4,6,8-9H2,1-2H3. The highest BCUT2D eigenvalue weighted by atomic mass is 32.2. The fourth-order valence-electron chi connectivity index (χ4n) is 2.44. The Morgan fingerprint density at radius 3 is 2.78 bits per heavy atom. The Morgan fingerprint density at radius 1 is 1.44 bits per heavy atom. The van der Waals surface area contributed by atoms with Crippen molar-refractivity contribution >= 4 is 21.6 Å². The highest BCUT2D eigenvalue weighted by Crippen LogP contribution is 2.30. The fraction of sp³-hybridized carbons (Fsp3) is 0.538. The van der Waals surface area contributed by atoms with Crippen molar-refractivity contribution in [1.82, 2.24) is 5.32 Å². The van der Waals surface area contributed by atoms with E-state index in [1.54, 1.807) is 6.07 Å². The first-order chi connectivity index (χ1) is 8.52. The van der Waals surface area contributed by atoms with Crippen molar-refractivity contribution in [3.63, 3.8) is 0 Å². The molecular formula is C13H19NO2S2. The predicted octanol–water partition coefficient (Wildman–Crippen LogP) is 2.11. The number of sulfone groups is 1. The summed E-state index contributed by atoms with van der Waals surface area (Å²) in [5.41, 5.74) is 1.14. The minimum Gasteiger partial charge on any atom is -0.314 e. The molecule has 1 aromatic carbocycles. The van der Waals surface area contributed by atoms with Gasteiger partial charge in [-0.05, 0) is 43.7 Å². The first-order valence-electron chi connectivity index (χ1n) is 6.11. The number of hydrogen-bond acceptors (Lipinski definition) is 4. The van der Waals surface area contributed by atoms with Crippen molar-refractivity contribution < 1.29 is 8.42 Å². The lowest BCUT2D eigenvalue weighted by Gasteiger charge is -2.15. The zero-order valence-electron chi connectivity index (χ0n) is 10.8. The summed E-state index contributed by atoms with van der Waals surface area (Å²) in [5.74, 6) is 0. The largest absolute Gasteiger partial charge is 0.314 e. The molecular weight excluding hydrogens is 266 g/mol. The van der Waals surface area contributed by atoms with E-state index in [0.29, 0.717) is 10.9 Å². The minimum absolute atomic E-state index is 0.463. The third-order valence-electron chi connectivity index (χ3n) is 3.29. The van der Waals surface area contributed by atoms with Crippen LogP contribution in [0.1, 0.15) is 18.4 Å². The molecule has 0 aromatic heterocycles. The molecule has 0 saturated carbocycles. The Morgan fingerprint density at radius 2 is 2.22 bits per heavy atom. The molecule has 1 aliphatic heterocycles. The van der Waals surface area contributed by atoms with Crippen LogP contribution in [0.4, 0.5) is 0 Å². The number of rotatable bonds is 4. The maximum Gasteiger partial charge on any atom is 0.176 e. The molecule has 0 radical (unpaired) electrons. The minimum atomic E-state index is -3.14. The molecule has 3 nitrogen and oxygen atoms in total. The molecule has 1 saturated heterocycles. The van der Waals surface area contributed by atoms with Crippen LogP contribution in [-0.2, 0) is 16.3 Å². The Hall–Kier alpha value is -0.520. The predicted molar refractivity (Wildman–Crippen MR) is 76.1 cm³/mol. The van der Waals surface area contributed by atoms with E-state index in [0.717, 1.165) is 23.4 Å². The van der Waals surface area contributed by atoms with Crippen molar-refractivity contribution in [2.24, 2.45) is 0 Å². The van der Waals surface area contributed by atoms with Gasteiger partial charge >= 0.3 is 0 Å². The second-order valence-corrected chi connectivity index (χ2v) is 7.52. The third-order valence-corrected chi connectivity index (χ3v) is 5.45. The summed E-state index contributed by atoms with van der Waals surface area (Å²) in [7, 11) is -3.14. The van der Waals surface area contributed by atoms with E-state index in [1.807, 2.05) is 18.4 Å². The first kappa shape index (κ1) is 13.9. The summed E-state index contributed by atoms with van der Waals surface area (Å²) < 4.78 is 23.5. The molecule has 1 atom stereocenters. The average Bonchev–Trinajstić information content (AvgIpc) is 2.80. The van der Waals surface area contributed by atoms with Gasteiger partial charge in [0.05, 0.1) is 4.90 Å². The molecule has 5 heteroatoms. The smallest absolute Gasteiger partial charge is 0.176 e. The Kier molecular flexibility index (Phi) is 4.35. The molecule has 1 aromatic rings. The van der Waals surface area contributed by atoms with Gasteiger partial charge in [-0.1, -0.05) is 12.1 Å². The molecule has 1 heterocycles. The van der Waals surface area contributed by atoms with Crippen molar-refractivity contribution in [2.45, 2.75) is 35.1 Å². The first-order valence-corrected chi connectivity index (χ1v) is 9.23. The quantitative estimate of drug-likeness (QED) is 0.861. The van der Waals surface area contributed by atoms with Crippen LogP contribution < -0.4 is 5.32 Å². The molecule has 18 heavy (non-hydrogen) atoms. The zero-order chi connectivity index (χ0) is 13.2. The monoisotopic (exact) mass is 285 g/mol. The van der Waals surface area contributed by atoms with Crippen molar-refractivity contribution in [3.8, 4) is 0 Å².